The highest BCUT2D eigenvalue weighted by atomic mass is 32.1. The topological polar surface area (TPSA) is 73.9 Å². The molecule has 0 aliphatic carbocycles. The van der Waals surface area contributed by atoms with Crippen LogP contribution in [0.2, 0.25) is 0 Å². The highest BCUT2D eigenvalue weighted by Gasteiger charge is 2.21. The molecule has 0 saturated carbocycles. The first-order valence-electron chi connectivity index (χ1n) is 8.77. The maximum absolute atomic E-state index is 13.4. The van der Waals surface area contributed by atoms with E-state index in [2.05, 4.69) is 5.32 Å². The lowest BCUT2D eigenvalue weighted by atomic mass is 9.97. The Kier molecular flexibility index (Phi) is 6.19. The Morgan fingerprint density at radius 3 is 2.10 bits per heavy atom. The molecule has 7 heteroatoms. The number of benzene rings is 2. The van der Waals surface area contributed by atoms with Crippen molar-refractivity contribution in [3.05, 3.63) is 58.3 Å². The summed E-state index contributed by atoms with van der Waals surface area (Å²) in [4.78, 5) is 25.1. The van der Waals surface area contributed by atoms with Crippen molar-refractivity contribution >= 4 is 28.7 Å². The molecule has 0 radical (unpaired) electrons. The van der Waals surface area contributed by atoms with Crippen LogP contribution in [-0.2, 0) is 4.79 Å². The van der Waals surface area contributed by atoms with Crippen LogP contribution in [-0.4, -0.2) is 33.0 Å². The third-order valence-electron chi connectivity index (χ3n) is 4.36. The van der Waals surface area contributed by atoms with Gasteiger partial charge in [-0.2, -0.15) is 11.3 Å². The molecule has 6 nitrogen and oxygen atoms in total. The predicted octanol–water partition coefficient (Wildman–Crippen LogP) is 4.63. The molecular formula is C22H21NO5S. The lowest BCUT2D eigenvalue weighted by molar-refractivity contribution is -0.114. The van der Waals surface area contributed by atoms with Crippen molar-refractivity contribution in [2.75, 3.05) is 26.6 Å². The zero-order chi connectivity index (χ0) is 21.0. The summed E-state index contributed by atoms with van der Waals surface area (Å²) >= 11 is 1.57. The second kappa shape index (κ2) is 8.79. The van der Waals surface area contributed by atoms with Gasteiger partial charge in [-0.05, 0) is 52.2 Å². The van der Waals surface area contributed by atoms with Crippen molar-refractivity contribution in [3.8, 4) is 28.4 Å². The first-order valence-corrected chi connectivity index (χ1v) is 9.71. The highest BCUT2D eigenvalue weighted by Crippen LogP contribution is 2.39. The van der Waals surface area contributed by atoms with Gasteiger partial charge in [0.05, 0.1) is 27.0 Å². The van der Waals surface area contributed by atoms with Crippen LogP contribution in [0, 0.1) is 0 Å². The van der Waals surface area contributed by atoms with Crippen LogP contribution in [0.3, 0.4) is 0 Å². The maximum atomic E-state index is 13.4. The molecule has 0 atom stereocenters. The summed E-state index contributed by atoms with van der Waals surface area (Å²) in [6.45, 7) is 1.40. The number of amides is 1. The molecule has 0 unspecified atom stereocenters. The fourth-order valence-electron chi connectivity index (χ4n) is 3.01. The molecule has 0 fully saturated rings. The van der Waals surface area contributed by atoms with Gasteiger partial charge in [0.15, 0.2) is 17.3 Å². The van der Waals surface area contributed by atoms with Crippen molar-refractivity contribution in [1.29, 1.82) is 0 Å². The molecule has 29 heavy (non-hydrogen) atoms. The van der Waals surface area contributed by atoms with Crippen molar-refractivity contribution in [2.45, 2.75) is 6.92 Å². The second-order valence-electron chi connectivity index (χ2n) is 6.20. The van der Waals surface area contributed by atoms with E-state index in [-0.39, 0.29) is 11.7 Å². The number of nitrogens with one attached hydrogen (secondary N) is 1. The van der Waals surface area contributed by atoms with Gasteiger partial charge in [-0.15, -0.1) is 0 Å². The Hall–Kier alpha value is -3.32. The van der Waals surface area contributed by atoms with E-state index in [1.54, 1.807) is 35.6 Å². The molecule has 3 aromatic rings. The largest absolute Gasteiger partial charge is 0.493 e. The van der Waals surface area contributed by atoms with Crippen LogP contribution in [0.25, 0.3) is 11.1 Å². The van der Waals surface area contributed by atoms with E-state index >= 15 is 0 Å². The van der Waals surface area contributed by atoms with Crippen molar-refractivity contribution in [2.24, 2.45) is 0 Å². The van der Waals surface area contributed by atoms with E-state index < -0.39 is 0 Å². The number of hydrogen-bond donors (Lipinski definition) is 1. The summed E-state index contributed by atoms with van der Waals surface area (Å²) in [5.74, 6) is 0.633. The van der Waals surface area contributed by atoms with Gasteiger partial charge in [0.25, 0.3) is 0 Å². The average Bonchev–Trinajstić information content (AvgIpc) is 3.26. The number of carbonyl (C=O) groups is 2. The summed E-state index contributed by atoms with van der Waals surface area (Å²) in [5, 5.41) is 6.70. The molecular weight excluding hydrogens is 390 g/mol. The summed E-state index contributed by atoms with van der Waals surface area (Å²) < 4.78 is 16.0. The van der Waals surface area contributed by atoms with Gasteiger partial charge >= 0.3 is 0 Å². The van der Waals surface area contributed by atoms with Gasteiger partial charge in [0, 0.05) is 18.1 Å². The van der Waals surface area contributed by atoms with Crippen LogP contribution in [0.15, 0.2) is 47.2 Å². The number of carbonyl (C=O) groups excluding carboxylic acids is 2. The fraction of sp³-hybridized carbons (Fsp3) is 0.182. The van der Waals surface area contributed by atoms with E-state index in [1.165, 1.54) is 28.3 Å². The molecule has 2 aromatic carbocycles. The third-order valence-corrected chi connectivity index (χ3v) is 5.04. The molecule has 150 valence electrons. The van der Waals surface area contributed by atoms with E-state index in [4.69, 9.17) is 14.2 Å². The molecule has 3 rings (SSSR count). The van der Waals surface area contributed by atoms with Crippen LogP contribution >= 0.6 is 11.3 Å². The van der Waals surface area contributed by atoms with Gasteiger partial charge in [-0.1, -0.05) is 6.07 Å². The lowest BCUT2D eigenvalue weighted by Crippen LogP contribution is -2.12. The highest BCUT2D eigenvalue weighted by molar-refractivity contribution is 7.08. The minimum Gasteiger partial charge on any atom is -0.493 e. The Balaban J connectivity index is 2.14. The Bertz CT molecular complexity index is 1020. The van der Waals surface area contributed by atoms with Gasteiger partial charge in [0.2, 0.25) is 11.7 Å². The van der Waals surface area contributed by atoms with Gasteiger partial charge in [-0.25, -0.2) is 0 Å². The molecule has 1 heterocycles. The molecule has 1 aromatic heterocycles. The van der Waals surface area contributed by atoms with E-state index in [9.17, 15) is 9.59 Å². The van der Waals surface area contributed by atoms with Crippen LogP contribution < -0.4 is 19.5 Å². The van der Waals surface area contributed by atoms with Gasteiger partial charge in [-0.3, -0.25) is 9.59 Å². The van der Waals surface area contributed by atoms with E-state index in [1.807, 2.05) is 22.9 Å². The lowest BCUT2D eigenvalue weighted by Gasteiger charge is -2.15. The normalized spacial score (nSPS) is 10.3. The summed E-state index contributed by atoms with van der Waals surface area (Å²) in [6, 6.07) is 10.6. The quantitative estimate of drug-likeness (QED) is 0.574. The van der Waals surface area contributed by atoms with E-state index in [0.29, 0.717) is 34.1 Å². The molecule has 0 bridgehead atoms. The number of hydrogen-bond acceptors (Lipinski definition) is 6. The predicted molar refractivity (Wildman–Crippen MR) is 114 cm³/mol. The van der Waals surface area contributed by atoms with Crippen molar-refractivity contribution in [3.63, 3.8) is 0 Å². The van der Waals surface area contributed by atoms with Crippen LogP contribution in [0.4, 0.5) is 5.69 Å². The fourth-order valence-corrected chi connectivity index (χ4v) is 3.67. The molecule has 0 aliphatic rings. The Morgan fingerprint density at radius 2 is 1.59 bits per heavy atom. The van der Waals surface area contributed by atoms with Crippen LogP contribution in [0.1, 0.15) is 22.8 Å². The summed E-state index contributed by atoms with van der Waals surface area (Å²) in [7, 11) is 4.48. The van der Waals surface area contributed by atoms with Gasteiger partial charge in [0.1, 0.15) is 0 Å². The minimum absolute atomic E-state index is 0.257. The Morgan fingerprint density at radius 1 is 0.897 bits per heavy atom. The van der Waals surface area contributed by atoms with Crippen LogP contribution in [0.5, 0.6) is 17.2 Å². The molecule has 1 N–H and O–H groups in total. The zero-order valence-electron chi connectivity index (χ0n) is 16.6. The van der Waals surface area contributed by atoms with Crippen molar-refractivity contribution < 1.29 is 23.8 Å². The smallest absolute Gasteiger partial charge is 0.221 e. The minimum atomic E-state index is -0.273. The first-order chi connectivity index (χ1) is 14.0. The number of methoxy groups -OCH3 is 3. The number of ether oxygens (including phenoxy) is 3. The third kappa shape index (κ3) is 4.25. The number of ketones is 1. The van der Waals surface area contributed by atoms with E-state index in [0.717, 1.165) is 11.1 Å². The second-order valence-corrected chi connectivity index (χ2v) is 6.98. The summed E-state index contributed by atoms with van der Waals surface area (Å²) in [5.41, 5.74) is 3.06. The van der Waals surface area contributed by atoms with Crippen molar-refractivity contribution in [1.82, 2.24) is 0 Å². The average molecular weight is 411 g/mol. The number of anilines is 1. The standard InChI is InChI=1S/C22H21NO5S/c1-13(24)23-18-6-5-14(15-7-8-29-12-15)9-17(18)21(25)16-10-19(26-2)22(28-4)20(11-16)27-3/h5-12H,1-4H3,(H,23,24). The Labute approximate surface area is 173 Å². The molecule has 0 saturated heterocycles. The number of thiophene rings is 1. The maximum Gasteiger partial charge on any atom is 0.221 e. The number of rotatable bonds is 7. The molecule has 0 spiro atoms. The molecule has 1 amide bonds. The zero-order valence-corrected chi connectivity index (χ0v) is 17.4. The first kappa shape index (κ1) is 20.4. The monoisotopic (exact) mass is 411 g/mol. The SMILES string of the molecule is COc1cc(C(=O)c2cc(-c3ccsc3)ccc2NC(C)=O)cc(OC)c1OC. The summed E-state index contributed by atoms with van der Waals surface area (Å²) in [6.07, 6.45) is 0. The van der Waals surface area contributed by atoms with Gasteiger partial charge < -0.3 is 19.5 Å². The molecule has 0 aliphatic heterocycles.